The quantitative estimate of drug-likeness (QED) is 0.414. The van der Waals surface area contributed by atoms with Crippen LogP contribution in [-0.4, -0.2) is 89.4 Å². The van der Waals surface area contributed by atoms with Crippen LogP contribution in [0.15, 0.2) is 29.3 Å². The molecular weight excluding hydrogens is 566 g/mol. The molecule has 3 atom stereocenters. The summed E-state index contributed by atoms with van der Waals surface area (Å²) in [5.41, 5.74) is 2.14. The number of nitrogens with one attached hydrogen (secondary N) is 3. The van der Waals surface area contributed by atoms with Gasteiger partial charge in [0.15, 0.2) is 5.01 Å². The van der Waals surface area contributed by atoms with Crippen molar-refractivity contribution in [1.29, 1.82) is 0 Å². The Morgan fingerprint density at radius 2 is 1.98 bits per heavy atom. The summed E-state index contributed by atoms with van der Waals surface area (Å²) in [6, 6.07) is 7.02. The Hall–Kier alpha value is -3.64. The lowest BCUT2D eigenvalue weighted by Gasteiger charge is -2.37. The minimum absolute atomic E-state index is 0.0170. The van der Waals surface area contributed by atoms with Crippen molar-refractivity contribution in [2.24, 2.45) is 10.9 Å². The highest BCUT2D eigenvalue weighted by Gasteiger charge is 2.37. The van der Waals surface area contributed by atoms with Crippen LogP contribution < -0.4 is 10.6 Å². The molecule has 13 heteroatoms. The monoisotopic (exact) mass is 597 g/mol. The number of nitrogens with zero attached hydrogens (tertiary/aromatic N) is 4. The molecule has 0 bridgehead atoms. The van der Waals surface area contributed by atoms with E-state index in [4.69, 9.17) is 16.3 Å². The summed E-state index contributed by atoms with van der Waals surface area (Å²) >= 11 is 7.48. The second kappa shape index (κ2) is 11.3. The number of benzene rings is 1. The van der Waals surface area contributed by atoms with Crippen molar-refractivity contribution < 1.29 is 19.1 Å². The van der Waals surface area contributed by atoms with E-state index < -0.39 is 6.04 Å². The number of hydrogen-bond donors (Lipinski definition) is 3. The van der Waals surface area contributed by atoms with Crippen molar-refractivity contribution in [3.8, 4) is 0 Å². The number of H-pyrrole nitrogens is 1. The maximum absolute atomic E-state index is 13.5. The number of carbonyl (C=O) groups excluding carboxylic acids is 3. The molecule has 41 heavy (non-hydrogen) atoms. The number of hydrogen-bond acceptors (Lipinski definition) is 8. The van der Waals surface area contributed by atoms with Gasteiger partial charge in [0, 0.05) is 59.8 Å². The van der Waals surface area contributed by atoms with Crippen LogP contribution in [0.2, 0.25) is 5.02 Å². The van der Waals surface area contributed by atoms with Crippen LogP contribution in [0.3, 0.4) is 0 Å². The van der Waals surface area contributed by atoms with Crippen LogP contribution in [0.25, 0.3) is 10.9 Å². The van der Waals surface area contributed by atoms with Crippen molar-refractivity contribution in [2.75, 3.05) is 33.8 Å². The molecular formula is C28H32ClN7O4S. The lowest BCUT2D eigenvalue weighted by atomic mass is 9.81. The number of thiazole rings is 1. The number of halogens is 1. The first-order valence-corrected chi connectivity index (χ1v) is 15.0. The first-order chi connectivity index (χ1) is 19.7. The standard InChI is InChI=1S/C28H32ClN7O4S/c1-35(2)27(39)15-3-5-19(32-24(37)22-13-16-11-17(29)4-6-18(16)31-22)21(12-15)33-25(38)26-34-20-7-9-36(14-23(20)41-26)28-30-8-10-40-28/h4,6,11,13,15,19,21,31H,3,5,7-10,12,14H2,1-2H3,(H,32,37)(H,33,38)/t15-,19-,21+/m0/s1. The Bertz CT molecular complexity index is 1530. The molecule has 2 aromatic heterocycles. The third kappa shape index (κ3) is 5.76. The normalized spacial score (nSPS) is 22.1. The summed E-state index contributed by atoms with van der Waals surface area (Å²) in [7, 11) is 3.47. The average Bonchev–Trinajstić information content (AvgIpc) is 3.72. The molecule has 3 aliphatic rings. The predicted octanol–water partition coefficient (Wildman–Crippen LogP) is 2.81. The summed E-state index contributed by atoms with van der Waals surface area (Å²) in [5.74, 6) is -0.805. The Morgan fingerprint density at radius 1 is 1.15 bits per heavy atom. The van der Waals surface area contributed by atoms with E-state index in [1.54, 1.807) is 37.2 Å². The fraction of sp³-hybridized carbons (Fsp3) is 0.464. The summed E-state index contributed by atoms with van der Waals surface area (Å²) < 4.78 is 5.61. The lowest BCUT2D eigenvalue weighted by Crippen LogP contribution is -2.56. The van der Waals surface area contributed by atoms with Crippen LogP contribution in [-0.2, 0) is 22.5 Å². The van der Waals surface area contributed by atoms with Crippen molar-refractivity contribution in [3.05, 3.63) is 50.6 Å². The van der Waals surface area contributed by atoms with Crippen LogP contribution in [0.5, 0.6) is 0 Å². The molecule has 4 heterocycles. The fourth-order valence-electron chi connectivity index (χ4n) is 5.77. The maximum atomic E-state index is 13.5. The van der Waals surface area contributed by atoms with Gasteiger partial charge in [0.05, 0.1) is 24.8 Å². The van der Waals surface area contributed by atoms with E-state index in [-0.39, 0.29) is 29.7 Å². The van der Waals surface area contributed by atoms with Crippen LogP contribution in [0.1, 0.15) is 50.1 Å². The number of amides is 3. The molecule has 1 aromatic carbocycles. The van der Waals surface area contributed by atoms with Gasteiger partial charge in [-0.05, 0) is 43.5 Å². The second-order valence-electron chi connectivity index (χ2n) is 10.9. The van der Waals surface area contributed by atoms with E-state index in [1.807, 2.05) is 6.07 Å². The van der Waals surface area contributed by atoms with Crippen molar-refractivity contribution in [3.63, 3.8) is 0 Å². The van der Waals surface area contributed by atoms with E-state index in [1.165, 1.54) is 11.3 Å². The molecule has 1 aliphatic carbocycles. The zero-order valence-corrected chi connectivity index (χ0v) is 24.5. The SMILES string of the molecule is CN(C)C(=O)[C@H]1CC[C@H](NC(=O)c2cc3cc(Cl)ccc3[nH]2)[C@H](NC(=O)c2nc3c(s2)CN(C2=NCCO2)CC3)C1. The predicted molar refractivity (Wildman–Crippen MR) is 156 cm³/mol. The highest BCUT2D eigenvalue weighted by atomic mass is 35.5. The molecule has 1 fully saturated rings. The fourth-order valence-corrected chi connectivity index (χ4v) is 6.97. The highest BCUT2D eigenvalue weighted by Crippen LogP contribution is 2.29. The van der Waals surface area contributed by atoms with Crippen molar-refractivity contribution in [1.82, 2.24) is 30.4 Å². The van der Waals surface area contributed by atoms with Crippen LogP contribution in [0, 0.1) is 5.92 Å². The topological polar surface area (TPSA) is 132 Å². The van der Waals surface area contributed by atoms with E-state index in [0.29, 0.717) is 67.1 Å². The molecule has 3 aromatic rings. The first kappa shape index (κ1) is 27.5. The lowest BCUT2D eigenvalue weighted by molar-refractivity contribution is -0.134. The van der Waals surface area contributed by atoms with Gasteiger partial charge in [-0.3, -0.25) is 14.4 Å². The van der Waals surface area contributed by atoms with Gasteiger partial charge >= 0.3 is 0 Å². The van der Waals surface area contributed by atoms with Crippen LogP contribution in [0.4, 0.5) is 0 Å². The van der Waals surface area contributed by atoms with Gasteiger partial charge in [0.25, 0.3) is 17.8 Å². The van der Waals surface area contributed by atoms with E-state index in [9.17, 15) is 14.4 Å². The Kier molecular flexibility index (Phi) is 7.60. The smallest absolute Gasteiger partial charge is 0.287 e. The van der Waals surface area contributed by atoms with Crippen molar-refractivity contribution >= 4 is 57.6 Å². The molecule has 0 spiro atoms. The number of fused-ring (bicyclic) bond motifs is 2. The molecule has 216 valence electrons. The summed E-state index contributed by atoms with van der Waals surface area (Å²) in [4.78, 5) is 56.4. The highest BCUT2D eigenvalue weighted by molar-refractivity contribution is 7.13. The molecule has 6 rings (SSSR count). The third-order valence-electron chi connectivity index (χ3n) is 7.87. The minimum Gasteiger partial charge on any atom is -0.463 e. The number of amidine groups is 1. The maximum Gasteiger partial charge on any atom is 0.287 e. The second-order valence-corrected chi connectivity index (χ2v) is 12.4. The Balaban J connectivity index is 1.18. The largest absolute Gasteiger partial charge is 0.463 e. The van der Waals surface area contributed by atoms with Gasteiger partial charge < -0.3 is 30.2 Å². The molecule has 11 nitrogen and oxygen atoms in total. The van der Waals surface area contributed by atoms with Gasteiger partial charge in [-0.2, -0.15) is 0 Å². The Labute approximate surface area is 246 Å². The van der Waals surface area contributed by atoms with E-state index in [2.05, 4.69) is 30.5 Å². The van der Waals surface area contributed by atoms with Crippen molar-refractivity contribution in [2.45, 2.75) is 44.3 Å². The minimum atomic E-state index is -0.438. The number of aromatic nitrogens is 2. The van der Waals surface area contributed by atoms with Crippen LogP contribution >= 0.6 is 22.9 Å². The molecule has 3 amide bonds. The molecule has 0 unspecified atom stereocenters. The van der Waals surface area contributed by atoms with E-state index >= 15 is 0 Å². The zero-order chi connectivity index (χ0) is 28.7. The molecule has 0 saturated heterocycles. The molecule has 3 N–H and O–H groups in total. The van der Waals surface area contributed by atoms with Gasteiger partial charge in [-0.25, -0.2) is 9.98 Å². The van der Waals surface area contributed by atoms with E-state index in [0.717, 1.165) is 28.0 Å². The Morgan fingerprint density at radius 3 is 2.76 bits per heavy atom. The zero-order valence-electron chi connectivity index (χ0n) is 22.9. The van der Waals surface area contributed by atoms with Gasteiger partial charge in [-0.15, -0.1) is 11.3 Å². The average molecular weight is 598 g/mol. The van der Waals surface area contributed by atoms with Gasteiger partial charge in [0.1, 0.15) is 12.3 Å². The number of aromatic amines is 1. The molecule has 0 radical (unpaired) electrons. The molecule has 1 saturated carbocycles. The third-order valence-corrected chi connectivity index (χ3v) is 9.18. The number of ether oxygens (including phenoxy) is 1. The van der Waals surface area contributed by atoms with Gasteiger partial charge in [-0.1, -0.05) is 11.6 Å². The van der Waals surface area contributed by atoms with Gasteiger partial charge in [0.2, 0.25) is 5.91 Å². The summed E-state index contributed by atoms with van der Waals surface area (Å²) in [5, 5.41) is 8.02. The summed E-state index contributed by atoms with van der Waals surface area (Å²) in [6.07, 6.45) is 2.30. The first-order valence-electron chi connectivity index (χ1n) is 13.8. The molecule has 2 aliphatic heterocycles. The number of carbonyl (C=O) groups is 3. The number of aliphatic imine (C=N–C) groups is 1. The number of rotatable bonds is 5. The summed E-state index contributed by atoms with van der Waals surface area (Å²) in [6.45, 7) is 2.61.